The van der Waals surface area contributed by atoms with Gasteiger partial charge in [0.25, 0.3) is 0 Å². The Kier molecular flexibility index (Phi) is 6.24. The number of thioether (sulfide) groups is 1. The third-order valence-electron chi connectivity index (χ3n) is 4.11. The number of amides is 1. The number of benzene rings is 2. The second kappa shape index (κ2) is 8.81. The van der Waals surface area contributed by atoms with Gasteiger partial charge in [-0.2, -0.15) is 0 Å². The quantitative estimate of drug-likeness (QED) is 0.624. The van der Waals surface area contributed by atoms with Crippen molar-refractivity contribution in [2.75, 3.05) is 5.75 Å². The van der Waals surface area contributed by atoms with Crippen LogP contribution in [-0.2, 0) is 4.79 Å². The van der Waals surface area contributed by atoms with Crippen molar-refractivity contribution in [1.82, 2.24) is 20.1 Å². The highest BCUT2D eigenvalue weighted by Crippen LogP contribution is 2.29. The first-order valence-corrected chi connectivity index (χ1v) is 9.76. The van der Waals surface area contributed by atoms with Gasteiger partial charge in [-0.3, -0.25) is 9.36 Å². The number of hydrogen-bond donors (Lipinski definition) is 1. The highest BCUT2D eigenvalue weighted by atomic mass is 32.2. The van der Waals surface area contributed by atoms with Gasteiger partial charge in [-0.25, -0.2) is 4.39 Å². The number of rotatable bonds is 7. The number of hydrogen-bond acceptors (Lipinski definition) is 4. The van der Waals surface area contributed by atoms with Gasteiger partial charge in [0.2, 0.25) is 5.91 Å². The maximum atomic E-state index is 14.3. The lowest BCUT2D eigenvalue weighted by Gasteiger charge is -2.12. The molecule has 3 aromatic rings. The molecule has 1 heterocycles. The standard InChI is InChI=1S/C20H21FN4OS/c1-3-14(2)22-18(26)13-27-20-24-23-19(16-11-7-8-12-17(16)21)25(20)15-9-5-4-6-10-15/h4-12,14H,3,13H2,1-2H3,(H,22,26). The zero-order chi connectivity index (χ0) is 19.2. The van der Waals surface area contributed by atoms with E-state index in [1.807, 2.05) is 44.2 Å². The Morgan fingerprint density at radius 3 is 2.56 bits per heavy atom. The van der Waals surface area contributed by atoms with Crippen molar-refractivity contribution in [3.05, 3.63) is 60.4 Å². The maximum Gasteiger partial charge on any atom is 0.230 e. The lowest BCUT2D eigenvalue weighted by molar-refractivity contribution is -0.119. The van der Waals surface area contributed by atoms with Crippen LogP contribution in [0, 0.1) is 5.82 Å². The van der Waals surface area contributed by atoms with Crippen LogP contribution in [0.2, 0.25) is 0 Å². The van der Waals surface area contributed by atoms with E-state index in [1.165, 1.54) is 17.8 Å². The smallest absolute Gasteiger partial charge is 0.230 e. The van der Waals surface area contributed by atoms with E-state index in [9.17, 15) is 9.18 Å². The van der Waals surface area contributed by atoms with Crippen molar-refractivity contribution < 1.29 is 9.18 Å². The van der Waals surface area contributed by atoms with Crippen LogP contribution < -0.4 is 5.32 Å². The molecule has 1 aromatic heterocycles. The van der Waals surface area contributed by atoms with E-state index in [4.69, 9.17) is 0 Å². The fourth-order valence-corrected chi connectivity index (χ4v) is 3.30. The summed E-state index contributed by atoms with van der Waals surface area (Å²) in [6.07, 6.45) is 0.869. The van der Waals surface area contributed by atoms with E-state index in [2.05, 4.69) is 15.5 Å². The Morgan fingerprint density at radius 2 is 1.85 bits per heavy atom. The van der Waals surface area contributed by atoms with Crippen molar-refractivity contribution in [3.63, 3.8) is 0 Å². The Morgan fingerprint density at radius 1 is 1.15 bits per heavy atom. The van der Waals surface area contributed by atoms with Gasteiger partial charge in [-0.1, -0.05) is 49.0 Å². The van der Waals surface area contributed by atoms with Crippen molar-refractivity contribution in [2.45, 2.75) is 31.5 Å². The molecule has 7 heteroatoms. The molecule has 2 aromatic carbocycles. The molecule has 0 saturated heterocycles. The molecule has 27 heavy (non-hydrogen) atoms. The van der Waals surface area contributed by atoms with Crippen molar-refractivity contribution >= 4 is 17.7 Å². The number of nitrogens with one attached hydrogen (secondary N) is 1. The molecular formula is C20H21FN4OS. The minimum atomic E-state index is -0.367. The zero-order valence-electron chi connectivity index (χ0n) is 15.2. The summed E-state index contributed by atoms with van der Waals surface area (Å²) < 4.78 is 16.1. The highest BCUT2D eigenvalue weighted by Gasteiger charge is 2.19. The van der Waals surface area contributed by atoms with Gasteiger partial charge in [-0.05, 0) is 37.6 Å². The second-order valence-electron chi connectivity index (χ2n) is 6.12. The number of halogens is 1. The average Bonchev–Trinajstić information content (AvgIpc) is 3.11. The van der Waals surface area contributed by atoms with Crippen LogP contribution >= 0.6 is 11.8 Å². The molecule has 3 rings (SSSR count). The largest absolute Gasteiger partial charge is 0.353 e. The van der Waals surface area contributed by atoms with Crippen molar-refractivity contribution in [1.29, 1.82) is 0 Å². The molecule has 1 unspecified atom stereocenters. The first-order chi connectivity index (χ1) is 13.1. The van der Waals surface area contributed by atoms with Crippen LogP contribution in [0.4, 0.5) is 4.39 Å². The SMILES string of the molecule is CCC(C)NC(=O)CSc1nnc(-c2ccccc2F)n1-c1ccccc1. The number of carbonyl (C=O) groups is 1. The lowest BCUT2D eigenvalue weighted by atomic mass is 10.2. The van der Waals surface area contributed by atoms with Crippen LogP contribution in [-0.4, -0.2) is 32.5 Å². The minimum absolute atomic E-state index is 0.0654. The average molecular weight is 384 g/mol. The van der Waals surface area contributed by atoms with Crippen LogP contribution in [0.25, 0.3) is 17.1 Å². The predicted octanol–water partition coefficient (Wildman–Crippen LogP) is 4.08. The van der Waals surface area contributed by atoms with E-state index in [-0.39, 0.29) is 23.5 Å². The molecule has 0 aliphatic carbocycles. The molecule has 5 nitrogen and oxygen atoms in total. The fraction of sp³-hybridized carbons (Fsp3) is 0.250. The number of carbonyl (C=O) groups excluding carboxylic acids is 1. The molecule has 140 valence electrons. The molecule has 1 atom stereocenters. The molecule has 1 amide bonds. The Labute approximate surface area is 162 Å². The summed E-state index contributed by atoms with van der Waals surface area (Å²) in [5, 5.41) is 11.9. The molecule has 0 bridgehead atoms. The van der Waals surface area contributed by atoms with E-state index in [0.717, 1.165) is 12.1 Å². The van der Waals surface area contributed by atoms with Gasteiger partial charge in [-0.15, -0.1) is 10.2 Å². The number of aromatic nitrogens is 3. The molecule has 1 N–H and O–H groups in total. The minimum Gasteiger partial charge on any atom is -0.353 e. The van der Waals surface area contributed by atoms with Gasteiger partial charge >= 0.3 is 0 Å². The summed E-state index contributed by atoms with van der Waals surface area (Å²) >= 11 is 1.28. The Hall–Kier alpha value is -2.67. The molecular weight excluding hydrogens is 363 g/mol. The van der Waals surface area contributed by atoms with Crippen LogP contribution in [0.5, 0.6) is 0 Å². The molecule has 0 fully saturated rings. The normalized spacial score (nSPS) is 12.0. The van der Waals surface area contributed by atoms with Gasteiger partial charge in [0.15, 0.2) is 11.0 Å². The maximum absolute atomic E-state index is 14.3. The van der Waals surface area contributed by atoms with E-state index in [1.54, 1.807) is 22.8 Å². The highest BCUT2D eigenvalue weighted by molar-refractivity contribution is 7.99. The number of nitrogens with zero attached hydrogens (tertiary/aromatic N) is 3. The molecule has 0 radical (unpaired) electrons. The summed E-state index contributed by atoms with van der Waals surface area (Å²) in [5.74, 6) is 0.189. The van der Waals surface area contributed by atoms with E-state index < -0.39 is 0 Å². The number of para-hydroxylation sites is 1. The summed E-state index contributed by atoms with van der Waals surface area (Å²) in [4.78, 5) is 12.1. The van der Waals surface area contributed by atoms with E-state index >= 15 is 0 Å². The van der Waals surface area contributed by atoms with Gasteiger partial charge in [0.1, 0.15) is 5.82 Å². The van der Waals surface area contributed by atoms with Gasteiger partial charge in [0, 0.05) is 11.7 Å². The van der Waals surface area contributed by atoms with Gasteiger partial charge < -0.3 is 5.32 Å². The molecule has 0 aliphatic rings. The van der Waals surface area contributed by atoms with Crippen molar-refractivity contribution in [2.24, 2.45) is 0 Å². The molecule has 0 saturated carbocycles. The summed E-state index contributed by atoms with van der Waals surface area (Å²) in [5.41, 5.74) is 1.18. The second-order valence-corrected chi connectivity index (χ2v) is 7.06. The zero-order valence-corrected chi connectivity index (χ0v) is 16.0. The molecule has 0 spiro atoms. The first-order valence-electron chi connectivity index (χ1n) is 8.78. The molecule has 0 aliphatic heterocycles. The van der Waals surface area contributed by atoms with Crippen LogP contribution in [0.1, 0.15) is 20.3 Å². The summed E-state index contributed by atoms with van der Waals surface area (Å²) in [7, 11) is 0. The van der Waals surface area contributed by atoms with Gasteiger partial charge in [0.05, 0.1) is 11.3 Å². The predicted molar refractivity (Wildman–Crippen MR) is 105 cm³/mol. The monoisotopic (exact) mass is 384 g/mol. The van der Waals surface area contributed by atoms with Crippen molar-refractivity contribution in [3.8, 4) is 17.1 Å². The lowest BCUT2D eigenvalue weighted by Crippen LogP contribution is -2.33. The summed E-state index contributed by atoms with van der Waals surface area (Å²) in [6, 6.07) is 16.1. The topological polar surface area (TPSA) is 59.8 Å². The third-order valence-corrected chi connectivity index (χ3v) is 5.04. The Bertz CT molecular complexity index is 913. The third kappa shape index (κ3) is 4.54. The van der Waals surface area contributed by atoms with Crippen LogP contribution in [0.15, 0.2) is 59.8 Å². The Balaban J connectivity index is 1.93. The fourth-order valence-electron chi connectivity index (χ4n) is 2.54. The van der Waals surface area contributed by atoms with E-state index in [0.29, 0.717) is 16.5 Å². The van der Waals surface area contributed by atoms with Crippen LogP contribution in [0.3, 0.4) is 0 Å². The summed E-state index contributed by atoms with van der Waals surface area (Å²) in [6.45, 7) is 3.98. The first kappa shape index (κ1) is 19.1.